The summed E-state index contributed by atoms with van der Waals surface area (Å²) >= 11 is 1.73. The van der Waals surface area contributed by atoms with E-state index in [1.54, 1.807) is 11.3 Å². The Kier molecular flexibility index (Phi) is 6.89. The maximum atomic E-state index is 11.6. The third-order valence-electron chi connectivity index (χ3n) is 2.78. The normalized spacial score (nSPS) is 13.7. The van der Waals surface area contributed by atoms with Gasteiger partial charge in [-0.05, 0) is 24.3 Å². The van der Waals surface area contributed by atoms with Crippen molar-refractivity contribution >= 4 is 21.2 Å². The predicted octanol–water partition coefficient (Wildman–Crippen LogP) is 3.00. The second kappa shape index (κ2) is 7.92. The summed E-state index contributed by atoms with van der Waals surface area (Å²) in [6.45, 7) is 4.59. The number of thiophene rings is 1. The first-order chi connectivity index (χ1) is 8.59. The van der Waals surface area contributed by atoms with Gasteiger partial charge in [0.15, 0.2) is 9.84 Å². The standard InChI is InChI=1S/C13H23NO2S2/c1-3-6-12(13-7-5-9-17-13)14-8-11-18(15,16)10-4-2/h5,7,9,12,14H,3-4,6,8,10-11H2,1-2H3. The minimum absolute atomic E-state index is 0.242. The average molecular weight is 289 g/mol. The molecule has 0 aliphatic carbocycles. The quantitative estimate of drug-likeness (QED) is 0.760. The van der Waals surface area contributed by atoms with Gasteiger partial charge < -0.3 is 5.32 Å². The number of rotatable bonds is 9. The zero-order valence-electron chi connectivity index (χ0n) is 11.2. The molecule has 18 heavy (non-hydrogen) atoms. The van der Waals surface area contributed by atoms with Crippen molar-refractivity contribution in [1.29, 1.82) is 0 Å². The molecule has 0 aliphatic heterocycles. The van der Waals surface area contributed by atoms with Gasteiger partial charge in [-0.25, -0.2) is 8.42 Å². The molecule has 1 heterocycles. The molecule has 1 unspecified atom stereocenters. The van der Waals surface area contributed by atoms with E-state index < -0.39 is 9.84 Å². The molecule has 0 amide bonds. The van der Waals surface area contributed by atoms with Gasteiger partial charge in [0, 0.05) is 23.2 Å². The Hall–Kier alpha value is -0.390. The SMILES string of the molecule is CCCC(NCCS(=O)(=O)CCC)c1cccs1. The summed E-state index contributed by atoms with van der Waals surface area (Å²) < 4.78 is 23.2. The highest BCUT2D eigenvalue weighted by Crippen LogP contribution is 2.22. The lowest BCUT2D eigenvalue weighted by atomic mass is 10.1. The number of hydrogen-bond acceptors (Lipinski definition) is 4. The van der Waals surface area contributed by atoms with E-state index >= 15 is 0 Å². The molecule has 0 fully saturated rings. The minimum atomic E-state index is -2.87. The van der Waals surface area contributed by atoms with E-state index in [4.69, 9.17) is 0 Å². The minimum Gasteiger partial charge on any atom is -0.308 e. The molecule has 1 aromatic heterocycles. The first-order valence-corrected chi connectivity index (χ1v) is 9.26. The molecule has 104 valence electrons. The van der Waals surface area contributed by atoms with Crippen molar-refractivity contribution in [2.45, 2.75) is 39.2 Å². The monoisotopic (exact) mass is 289 g/mol. The Labute approximate surface area is 115 Å². The first kappa shape index (κ1) is 15.7. The molecule has 1 rings (SSSR count). The number of hydrogen-bond donors (Lipinski definition) is 1. The molecule has 0 aliphatic rings. The Bertz CT molecular complexity index is 412. The van der Waals surface area contributed by atoms with Crippen LogP contribution in [0.5, 0.6) is 0 Å². The van der Waals surface area contributed by atoms with Crippen LogP contribution in [0.3, 0.4) is 0 Å². The Morgan fingerprint density at radius 2 is 2.06 bits per heavy atom. The van der Waals surface area contributed by atoms with E-state index in [1.165, 1.54) is 4.88 Å². The molecule has 1 aromatic rings. The van der Waals surface area contributed by atoms with E-state index in [2.05, 4.69) is 23.7 Å². The van der Waals surface area contributed by atoms with Crippen molar-refractivity contribution in [3.05, 3.63) is 22.4 Å². The zero-order chi connectivity index (χ0) is 13.4. The van der Waals surface area contributed by atoms with Crippen LogP contribution in [0.4, 0.5) is 0 Å². The summed E-state index contributed by atoms with van der Waals surface area (Å²) in [5, 5.41) is 5.43. The van der Waals surface area contributed by atoms with E-state index in [0.29, 0.717) is 24.8 Å². The Balaban J connectivity index is 2.44. The summed E-state index contributed by atoms with van der Waals surface area (Å²) in [4.78, 5) is 1.30. The lowest BCUT2D eigenvalue weighted by Gasteiger charge is -2.16. The maximum absolute atomic E-state index is 11.6. The Morgan fingerprint density at radius 1 is 1.28 bits per heavy atom. The van der Waals surface area contributed by atoms with Gasteiger partial charge >= 0.3 is 0 Å². The lowest BCUT2D eigenvalue weighted by Crippen LogP contribution is -2.27. The van der Waals surface area contributed by atoms with Crippen molar-refractivity contribution in [2.24, 2.45) is 0 Å². The fourth-order valence-electron chi connectivity index (χ4n) is 1.92. The van der Waals surface area contributed by atoms with E-state index in [1.807, 2.05) is 13.0 Å². The summed E-state index contributed by atoms with van der Waals surface area (Å²) in [6, 6.07) is 4.45. The molecule has 1 N–H and O–H groups in total. The summed E-state index contributed by atoms with van der Waals surface area (Å²) in [7, 11) is -2.87. The van der Waals surface area contributed by atoms with Crippen molar-refractivity contribution in [3.63, 3.8) is 0 Å². The lowest BCUT2D eigenvalue weighted by molar-refractivity contribution is 0.513. The largest absolute Gasteiger partial charge is 0.308 e. The number of sulfone groups is 1. The van der Waals surface area contributed by atoms with Gasteiger partial charge in [0.05, 0.1) is 5.75 Å². The van der Waals surface area contributed by atoms with Crippen LogP contribution >= 0.6 is 11.3 Å². The molecule has 0 radical (unpaired) electrons. The summed E-state index contributed by atoms with van der Waals surface area (Å²) in [5.74, 6) is 0.540. The molecule has 5 heteroatoms. The molecule has 0 spiro atoms. The maximum Gasteiger partial charge on any atom is 0.151 e. The van der Waals surface area contributed by atoms with Gasteiger partial charge in [-0.15, -0.1) is 11.3 Å². The average Bonchev–Trinajstić information content (AvgIpc) is 2.81. The molecule has 0 saturated carbocycles. The second-order valence-corrected chi connectivity index (χ2v) is 7.75. The van der Waals surface area contributed by atoms with Gasteiger partial charge in [0.25, 0.3) is 0 Å². The van der Waals surface area contributed by atoms with Gasteiger partial charge in [-0.1, -0.05) is 26.3 Å². The van der Waals surface area contributed by atoms with Gasteiger partial charge in [0.2, 0.25) is 0 Å². The molecule has 3 nitrogen and oxygen atoms in total. The van der Waals surface area contributed by atoms with Crippen LogP contribution in [0.25, 0.3) is 0 Å². The van der Waals surface area contributed by atoms with Crippen LogP contribution in [0.1, 0.15) is 44.0 Å². The smallest absolute Gasteiger partial charge is 0.151 e. The molecule has 0 bridgehead atoms. The van der Waals surface area contributed by atoms with Crippen molar-refractivity contribution in [1.82, 2.24) is 5.32 Å². The molecule has 0 saturated heterocycles. The molecular formula is C13H23NO2S2. The highest BCUT2D eigenvalue weighted by molar-refractivity contribution is 7.91. The first-order valence-electron chi connectivity index (χ1n) is 6.56. The molecule has 0 aromatic carbocycles. The van der Waals surface area contributed by atoms with Gasteiger partial charge in [0.1, 0.15) is 0 Å². The topological polar surface area (TPSA) is 46.2 Å². The van der Waals surface area contributed by atoms with Crippen molar-refractivity contribution < 1.29 is 8.42 Å². The van der Waals surface area contributed by atoms with Crippen molar-refractivity contribution in [3.8, 4) is 0 Å². The highest BCUT2D eigenvalue weighted by atomic mass is 32.2. The van der Waals surface area contributed by atoms with Crippen LogP contribution < -0.4 is 5.32 Å². The van der Waals surface area contributed by atoms with Crippen LogP contribution in [-0.4, -0.2) is 26.5 Å². The van der Waals surface area contributed by atoms with Gasteiger partial charge in [-0.3, -0.25) is 0 Å². The van der Waals surface area contributed by atoms with E-state index in [0.717, 1.165) is 12.8 Å². The Morgan fingerprint density at radius 3 is 2.61 bits per heavy atom. The predicted molar refractivity (Wildman–Crippen MR) is 78.9 cm³/mol. The zero-order valence-corrected chi connectivity index (χ0v) is 12.8. The van der Waals surface area contributed by atoms with Crippen molar-refractivity contribution in [2.75, 3.05) is 18.1 Å². The molecular weight excluding hydrogens is 266 g/mol. The van der Waals surface area contributed by atoms with E-state index in [-0.39, 0.29) is 5.75 Å². The van der Waals surface area contributed by atoms with Crippen LogP contribution in [0.15, 0.2) is 17.5 Å². The fraction of sp³-hybridized carbons (Fsp3) is 0.692. The third-order valence-corrected chi connectivity index (χ3v) is 5.63. The fourth-order valence-corrected chi connectivity index (χ4v) is 4.02. The summed E-state index contributed by atoms with van der Waals surface area (Å²) in [6.07, 6.45) is 2.84. The summed E-state index contributed by atoms with van der Waals surface area (Å²) in [5.41, 5.74) is 0. The van der Waals surface area contributed by atoms with Crippen LogP contribution in [-0.2, 0) is 9.84 Å². The highest BCUT2D eigenvalue weighted by Gasteiger charge is 2.13. The van der Waals surface area contributed by atoms with E-state index in [9.17, 15) is 8.42 Å². The van der Waals surface area contributed by atoms with Gasteiger partial charge in [-0.2, -0.15) is 0 Å². The van der Waals surface area contributed by atoms with Crippen LogP contribution in [0, 0.1) is 0 Å². The second-order valence-electron chi connectivity index (χ2n) is 4.46. The third kappa shape index (κ3) is 5.50. The molecule has 1 atom stereocenters. The number of nitrogens with one attached hydrogen (secondary N) is 1. The van der Waals surface area contributed by atoms with Crippen LogP contribution in [0.2, 0.25) is 0 Å².